The maximum absolute atomic E-state index is 13.3. The Hall–Kier alpha value is -3.15. The van der Waals surface area contributed by atoms with E-state index in [1.54, 1.807) is 60.7 Å². The minimum Gasteiger partial charge on any atom is -0.492 e. The van der Waals surface area contributed by atoms with Crippen molar-refractivity contribution in [1.82, 2.24) is 0 Å². The molecule has 0 spiro atoms. The van der Waals surface area contributed by atoms with Crippen molar-refractivity contribution in [2.75, 3.05) is 18.1 Å². The third kappa shape index (κ3) is 4.27. The van der Waals surface area contributed by atoms with Crippen LogP contribution in [0.25, 0.3) is 0 Å². The van der Waals surface area contributed by atoms with Gasteiger partial charge in [0.05, 0.1) is 18.7 Å². The lowest BCUT2D eigenvalue weighted by atomic mass is 9.88. The molecule has 0 fully saturated rings. The third-order valence-corrected chi connectivity index (χ3v) is 5.99. The number of aliphatic hydroxyl groups is 1. The number of anilines is 1. The van der Waals surface area contributed by atoms with Gasteiger partial charge in [-0.15, -0.1) is 0 Å². The summed E-state index contributed by atoms with van der Waals surface area (Å²) >= 11 is 5.89. The van der Waals surface area contributed by atoms with Crippen LogP contribution in [0.15, 0.2) is 72.8 Å². The minimum absolute atomic E-state index is 0.226. The molecule has 0 aromatic heterocycles. The number of ketones is 1. The van der Waals surface area contributed by atoms with Gasteiger partial charge in [0.2, 0.25) is 0 Å². The van der Waals surface area contributed by atoms with Gasteiger partial charge < -0.3 is 14.7 Å². The van der Waals surface area contributed by atoms with E-state index in [1.165, 1.54) is 4.90 Å². The predicted molar refractivity (Wildman–Crippen MR) is 124 cm³/mol. The molecule has 1 amide bonds. The smallest absolute Gasteiger partial charge is 0.264 e. The number of amides is 1. The van der Waals surface area contributed by atoms with Crippen LogP contribution in [0.3, 0.4) is 0 Å². The van der Waals surface area contributed by atoms with Crippen LogP contribution < -0.4 is 9.64 Å². The van der Waals surface area contributed by atoms with Crippen LogP contribution in [-0.2, 0) is 16.8 Å². The molecular weight excluding hydrogens is 426 g/mol. The number of rotatable bonds is 8. The van der Waals surface area contributed by atoms with Crippen LogP contribution in [0.2, 0.25) is 5.02 Å². The van der Waals surface area contributed by atoms with E-state index < -0.39 is 11.5 Å². The average molecular weight is 450 g/mol. The Kier molecular flexibility index (Phi) is 6.31. The van der Waals surface area contributed by atoms with Gasteiger partial charge in [-0.25, -0.2) is 0 Å². The highest BCUT2D eigenvalue weighted by molar-refractivity contribution is 6.30. The van der Waals surface area contributed by atoms with Crippen LogP contribution in [0.1, 0.15) is 34.8 Å². The average Bonchev–Trinajstić information content (AvgIpc) is 3.02. The molecule has 1 aliphatic heterocycles. The highest BCUT2D eigenvalue weighted by atomic mass is 35.5. The summed E-state index contributed by atoms with van der Waals surface area (Å²) in [7, 11) is 0. The minimum atomic E-state index is -1.91. The van der Waals surface area contributed by atoms with Crippen molar-refractivity contribution in [1.29, 1.82) is 0 Å². The highest BCUT2D eigenvalue weighted by Crippen LogP contribution is 2.42. The van der Waals surface area contributed by atoms with Gasteiger partial charge >= 0.3 is 0 Å². The lowest BCUT2D eigenvalue weighted by Gasteiger charge is -2.23. The Labute approximate surface area is 192 Å². The number of carbonyl (C=O) groups is 2. The molecule has 4 rings (SSSR count). The van der Waals surface area contributed by atoms with Gasteiger partial charge in [-0.2, -0.15) is 0 Å². The molecule has 1 N–H and O–H groups in total. The summed E-state index contributed by atoms with van der Waals surface area (Å²) < 4.78 is 5.73. The van der Waals surface area contributed by atoms with Gasteiger partial charge in [0.1, 0.15) is 12.4 Å². The number of halogens is 1. The molecule has 1 unspecified atom stereocenters. The van der Waals surface area contributed by atoms with Gasteiger partial charge in [-0.3, -0.25) is 9.59 Å². The van der Waals surface area contributed by atoms with Crippen molar-refractivity contribution in [3.8, 4) is 5.75 Å². The molecule has 3 aromatic rings. The van der Waals surface area contributed by atoms with Crippen LogP contribution in [0.4, 0.5) is 5.69 Å². The Morgan fingerprint density at radius 2 is 1.72 bits per heavy atom. The number of ether oxygens (including phenoxy) is 1. The molecule has 0 saturated heterocycles. The molecule has 32 heavy (non-hydrogen) atoms. The van der Waals surface area contributed by atoms with E-state index in [2.05, 4.69) is 0 Å². The van der Waals surface area contributed by atoms with E-state index in [-0.39, 0.29) is 25.4 Å². The van der Waals surface area contributed by atoms with Gasteiger partial charge in [0.25, 0.3) is 5.91 Å². The normalized spacial score (nSPS) is 17.3. The van der Waals surface area contributed by atoms with Crippen LogP contribution in [0, 0.1) is 0 Å². The summed E-state index contributed by atoms with van der Waals surface area (Å²) in [6, 6.07) is 21.2. The fraction of sp³-hybridized carbons (Fsp3) is 0.231. The standard InChI is InChI=1S/C26H24ClNO4/c1-2-18-7-9-19(10-8-18)24(29)17-26(31)22-5-3-4-6-23(22)28(25(26)30)15-16-32-21-13-11-20(27)12-14-21/h3-14,31H,2,15-17H2,1H3. The number of hydrogen-bond donors (Lipinski definition) is 1. The maximum atomic E-state index is 13.3. The number of para-hydroxylation sites is 1. The Morgan fingerprint density at radius 3 is 2.41 bits per heavy atom. The molecule has 6 heteroatoms. The zero-order valence-corrected chi connectivity index (χ0v) is 18.5. The first kappa shape index (κ1) is 22.1. The number of nitrogens with zero attached hydrogens (tertiary/aromatic N) is 1. The first-order valence-corrected chi connectivity index (χ1v) is 10.9. The largest absolute Gasteiger partial charge is 0.492 e. The van der Waals surface area contributed by atoms with Gasteiger partial charge in [0.15, 0.2) is 11.4 Å². The Bertz CT molecular complexity index is 1130. The lowest BCUT2D eigenvalue weighted by molar-refractivity contribution is -0.135. The number of Topliss-reactive ketones (excluding diaryl/α,β-unsaturated/α-hetero) is 1. The second-order valence-electron chi connectivity index (χ2n) is 7.79. The topological polar surface area (TPSA) is 66.8 Å². The number of fused-ring (bicyclic) bond motifs is 1. The number of aryl methyl sites for hydroxylation is 1. The van der Waals surface area contributed by atoms with E-state index >= 15 is 0 Å². The molecule has 0 saturated carbocycles. The summed E-state index contributed by atoms with van der Waals surface area (Å²) in [5, 5.41) is 12.0. The van der Waals surface area contributed by atoms with E-state index in [0.717, 1.165) is 12.0 Å². The van der Waals surface area contributed by atoms with E-state index in [0.29, 0.717) is 27.6 Å². The van der Waals surface area contributed by atoms with Crippen LogP contribution in [0.5, 0.6) is 5.75 Å². The van der Waals surface area contributed by atoms with Crippen molar-refractivity contribution >= 4 is 29.0 Å². The predicted octanol–water partition coefficient (Wildman–Crippen LogP) is 4.79. The zero-order valence-electron chi connectivity index (χ0n) is 17.8. The molecule has 0 aliphatic carbocycles. The summed E-state index contributed by atoms with van der Waals surface area (Å²) in [5.41, 5.74) is 0.723. The molecular formula is C26H24ClNO4. The summed E-state index contributed by atoms with van der Waals surface area (Å²) in [6.45, 7) is 2.50. The molecule has 0 radical (unpaired) electrons. The van der Waals surface area contributed by atoms with Crippen molar-refractivity contribution in [2.45, 2.75) is 25.4 Å². The van der Waals surface area contributed by atoms with Gasteiger partial charge in [-0.05, 0) is 42.3 Å². The van der Waals surface area contributed by atoms with E-state index in [4.69, 9.17) is 16.3 Å². The fourth-order valence-corrected chi connectivity index (χ4v) is 4.07. The first-order valence-electron chi connectivity index (χ1n) is 10.6. The first-order chi connectivity index (χ1) is 15.4. The molecule has 0 bridgehead atoms. The van der Waals surface area contributed by atoms with Crippen molar-refractivity contribution in [3.05, 3.63) is 94.5 Å². The van der Waals surface area contributed by atoms with Crippen molar-refractivity contribution in [3.63, 3.8) is 0 Å². The molecule has 164 valence electrons. The quantitative estimate of drug-likeness (QED) is 0.502. The number of hydrogen-bond acceptors (Lipinski definition) is 4. The monoisotopic (exact) mass is 449 g/mol. The SMILES string of the molecule is CCc1ccc(C(=O)CC2(O)C(=O)N(CCOc3ccc(Cl)cc3)c3ccccc32)cc1. The second-order valence-corrected chi connectivity index (χ2v) is 8.22. The second kappa shape index (κ2) is 9.15. The third-order valence-electron chi connectivity index (χ3n) is 5.74. The molecule has 1 heterocycles. The molecule has 1 aliphatic rings. The van der Waals surface area contributed by atoms with Crippen LogP contribution >= 0.6 is 11.6 Å². The number of benzene rings is 3. The fourth-order valence-electron chi connectivity index (χ4n) is 3.95. The van der Waals surface area contributed by atoms with Crippen molar-refractivity contribution in [2.24, 2.45) is 0 Å². The van der Waals surface area contributed by atoms with Crippen molar-refractivity contribution < 1.29 is 19.4 Å². The summed E-state index contributed by atoms with van der Waals surface area (Å²) in [6.07, 6.45) is 0.556. The van der Waals surface area contributed by atoms with E-state index in [9.17, 15) is 14.7 Å². The zero-order chi connectivity index (χ0) is 22.7. The molecule has 3 aromatic carbocycles. The highest BCUT2D eigenvalue weighted by Gasteiger charge is 2.50. The lowest BCUT2D eigenvalue weighted by Crippen LogP contribution is -2.43. The molecule has 1 atom stereocenters. The molecule has 5 nitrogen and oxygen atoms in total. The van der Waals surface area contributed by atoms with Gasteiger partial charge in [0, 0.05) is 16.1 Å². The maximum Gasteiger partial charge on any atom is 0.264 e. The Morgan fingerprint density at radius 1 is 1.03 bits per heavy atom. The van der Waals surface area contributed by atoms with E-state index in [1.807, 2.05) is 19.1 Å². The van der Waals surface area contributed by atoms with Gasteiger partial charge in [-0.1, -0.05) is 61.0 Å². The summed E-state index contributed by atoms with van der Waals surface area (Å²) in [5.74, 6) is -0.162. The number of carbonyl (C=O) groups excluding carboxylic acids is 2. The van der Waals surface area contributed by atoms with Crippen LogP contribution in [-0.4, -0.2) is 29.9 Å². The summed E-state index contributed by atoms with van der Waals surface area (Å²) in [4.78, 5) is 27.7. The Balaban J connectivity index is 1.51.